The maximum absolute atomic E-state index is 6.54. The Balaban J connectivity index is 0.00000144. The molecule has 0 aromatic heterocycles. The van der Waals surface area contributed by atoms with E-state index >= 15 is 0 Å². The zero-order chi connectivity index (χ0) is 15.5. The van der Waals surface area contributed by atoms with E-state index < -0.39 is 0 Å². The van der Waals surface area contributed by atoms with Gasteiger partial charge in [0, 0.05) is 56.0 Å². The van der Waals surface area contributed by atoms with Crippen LogP contribution in [0.1, 0.15) is 24.4 Å². The van der Waals surface area contributed by atoms with Gasteiger partial charge in [0.1, 0.15) is 0 Å². The largest absolute Gasteiger partial charge is 0.381 e. The highest BCUT2D eigenvalue weighted by atomic mass is 35.5. The summed E-state index contributed by atoms with van der Waals surface area (Å²) in [5.41, 5.74) is 0.990. The molecule has 1 aromatic carbocycles. The maximum Gasteiger partial charge on any atom is 0.0655 e. The number of halogens is 5. The molecule has 8 heteroatoms. The Hall–Kier alpha value is 0.550. The number of piperazine rings is 1. The Bertz CT molecular complexity index is 501. The van der Waals surface area contributed by atoms with Crippen molar-refractivity contribution < 1.29 is 4.74 Å². The number of benzene rings is 1. The lowest BCUT2D eigenvalue weighted by Gasteiger charge is -2.41. The Morgan fingerprint density at radius 1 is 1.00 bits per heavy atom. The number of hydrogen-bond acceptors (Lipinski definition) is 3. The van der Waals surface area contributed by atoms with Crippen LogP contribution in [0.15, 0.2) is 12.1 Å². The Morgan fingerprint density at radius 2 is 1.58 bits per heavy atom. The zero-order valence-electron chi connectivity index (χ0n) is 13.3. The molecule has 0 unspecified atom stereocenters. The molecule has 2 heterocycles. The molecule has 1 N–H and O–H groups in total. The molecular weight excluding hydrogens is 413 g/mol. The summed E-state index contributed by atoms with van der Waals surface area (Å²) in [6, 6.07) is 3.85. The molecular formula is C16H23Cl5N2O. The molecule has 0 bridgehead atoms. The second-order valence-electron chi connectivity index (χ2n) is 5.94. The smallest absolute Gasteiger partial charge is 0.0655 e. The van der Waals surface area contributed by atoms with E-state index in [0.29, 0.717) is 21.0 Å². The van der Waals surface area contributed by atoms with Gasteiger partial charge in [0.05, 0.1) is 10.0 Å². The minimum Gasteiger partial charge on any atom is -0.381 e. The Kier molecular flexibility index (Phi) is 10.0. The van der Waals surface area contributed by atoms with Crippen LogP contribution in [0.5, 0.6) is 0 Å². The van der Waals surface area contributed by atoms with Crippen molar-refractivity contribution in [2.75, 3.05) is 39.4 Å². The molecule has 138 valence electrons. The van der Waals surface area contributed by atoms with Gasteiger partial charge >= 0.3 is 0 Å². The lowest BCUT2D eigenvalue weighted by molar-refractivity contribution is 0.0213. The van der Waals surface area contributed by atoms with Gasteiger partial charge in [-0.15, -0.1) is 24.8 Å². The van der Waals surface area contributed by atoms with Crippen LogP contribution in [0.2, 0.25) is 15.1 Å². The fourth-order valence-electron chi connectivity index (χ4n) is 3.52. The van der Waals surface area contributed by atoms with Gasteiger partial charge < -0.3 is 10.1 Å². The van der Waals surface area contributed by atoms with Gasteiger partial charge in [-0.1, -0.05) is 34.8 Å². The van der Waals surface area contributed by atoms with Crippen molar-refractivity contribution in [3.63, 3.8) is 0 Å². The molecule has 0 radical (unpaired) electrons. The van der Waals surface area contributed by atoms with Crippen molar-refractivity contribution in [3.8, 4) is 0 Å². The quantitative estimate of drug-likeness (QED) is 0.685. The molecule has 1 aromatic rings. The number of nitrogens with zero attached hydrogens (tertiary/aromatic N) is 1. The third-order valence-electron chi connectivity index (χ3n) is 4.63. The summed E-state index contributed by atoms with van der Waals surface area (Å²) in [6.07, 6.45) is 2.07. The third-order valence-corrected chi connectivity index (χ3v) is 5.78. The summed E-state index contributed by atoms with van der Waals surface area (Å²) in [4.78, 5) is 2.50. The van der Waals surface area contributed by atoms with Gasteiger partial charge in [0.25, 0.3) is 0 Å². The van der Waals surface area contributed by atoms with E-state index in [0.717, 1.165) is 57.8 Å². The molecule has 0 aliphatic carbocycles. The van der Waals surface area contributed by atoms with E-state index in [1.165, 1.54) is 0 Å². The second-order valence-corrected chi connectivity index (χ2v) is 7.13. The first-order chi connectivity index (χ1) is 10.7. The molecule has 1 atom stereocenters. The average molecular weight is 437 g/mol. The molecule has 3 rings (SSSR count). The van der Waals surface area contributed by atoms with E-state index in [-0.39, 0.29) is 30.9 Å². The molecule has 0 amide bonds. The number of ether oxygens (including phenoxy) is 1. The summed E-state index contributed by atoms with van der Waals surface area (Å²) in [5, 5.41) is 5.30. The second kappa shape index (κ2) is 10.6. The highest BCUT2D eigenvalue weighted by Gasteiger charge is 2.34. The van der Waals surface area contributed by atoms with Crippen LogP contribution in [0, 0.1) is 5.92 Å². The fourth-order valence-corrected chi connectivity index (χ4v) is 4.28. The van der Waals surface area contributed by atoms with Gasteiger partial charge in [-0.05, 0) is 30.9 Å². The van der Waals surface area contributed by atoms with Gasteiger partial charge in [0.2, 0.25) is 0 Å². The molecule has 2 aliphatic heterocycles. The van der Waals surface area contributed by atoms with Gasteiger partial charge in [-0.3, -0.25) is 4.90 Å². The standard InChI is InChI=1S/C16H21Cl3N2O.2ClH/c17-12-1-2-13(18)15(19)14(12)16(11-3-9-22-10-4-11)21-7-5-20-6-8-21;;/h1-2,11,16,20H,3-10H2;2*1H/t16-;;/m1../s1. The number of rotatable bonds is 3. The fraction of sp³-hybridized carbons (Fsp3) is 0.625. The summed E-state index contributed by atoms with van der Waals surface area (Å²) < 4.78 is 5.53. The number of nitrogens with one attached hydrogen (secondary N) is 1. The SMILES string of the molecule is Cl.Cl.Clc1ccc(Cl)c([C@@H](C2CCOCC2)N2CCNCC2)c1Cl. The van der Waals surface area contributed by atoms with Crippen molar-refractivity contribution in [3.05, 3.63) is 32.8 Å². The van der Waals surface area contributed by atoms with Crippen molar-refractivity contribution in [1.29, 1.82) is 0 Å². The highest BCUT2D eigenvalue weighted by Crippen LogP contribution is 2.44. The van der Waals surface area contributed by atoms with Crippen LogP contribution in [0.4, 0.5) is 0 Å². The molecule has 0 saturated carbocycles. The van der Waals surface area contributed by atoms with E-state index in [1.807, 2.05) is 6.07 Å². The molecule has 24 heavy (non-hydrogen) atoms. The van der Waals surface area contributed by atoms with E-state index in [9.17, 15) is 0 Å². The molecule has 2 saturated heterocycles. The Morgan fingerprint density at radius 3 is 2.21 bits per heavy atom. The van der Waals surface area contributed by atoms with Crippen molar-refractivity contribution in [2.45, 2.75) is 18.9 Å². The van der Waals surface area contributed by atoms with Crippen LogP contribution < -0.4 is 5.32 Å². The van der Waals surface area contributed by atoms with Gasteiger partial charge in [0.15, 0.2) is 0 Å². The van der Waals surface area contributed by atoms with Crippen LogP contribution in [0.25, 0.3) is 0 Å². The van der Waals surface area contributed by atoms with Gasteiger partial charge in [-0.2, -0.15) is 0 Å². The molecule has 2 aliphatic rings. The minimum absolute atomic E-state index is 0. The van der Waals surface area contributed by atoms with E-state index in [4.69, 9.17) is 39.5 Å². The lowest BCUT2D eigenvalue weighted by atomic mass is 9.85. The first kappa shape index (κ1) is 22.6. The van der Waals surface area contributed by atoms with E-state index in [2.05, 4.69) is 10.2 Å². The first-order valence-corrected chi connectivity index (χ1v) is 8.98. The van der Waals surface area contributed by atoms with Crippen molar-refractivity contribution in [2.24, 2.45) is 5.92 Å². The predicted octanol–water partition coefficient (Wildman–Crippen LogP) is 4.86. The Labute approximate surface area is 171 Å². The summed E-state index contributed by atoms with van der Waals surface area (Å²) >= 11 is 19.3. The predicted molar refractivity (Wildman–Crippen MR) is 107 cm³/mol. The number of hydrogen-bond donors (Lipinski definition) is 1. The minimum atomic E-state index is 0. The van der Waals surface area contributed by atoms with Crippen LogP contribution in [-0.2, 0) is 4.74 Å². The molecule has 3 nitrogen and oxygen atoms in total. The monoisotopic (exact) mass is 434 g/mol. The summed E-state index contributed by atoms with van der Waals surface area (Å²) in [7, 11) is 0. The highest BCUT2D eigenvalue weighted by molar-refractivity contribution is 6.44. The maximum atomic E-state index is 6.54. The zero-order valence-corrected chi connectivity index (χ0v) is 17.2. The van der Waals surface area contributed by atoms with Gasteiger partial charge in [-0.25, -0.2) is 0 Å². The summed E-state index contributed by atoms with van der Waals surface area (Å²) in [5.74, 6) is 0.500. The van der Waals surface area contributed by atoms with E-state index in [1.54, 1.807) is 6.07 Å². The molecule has 2 fully saturated rings. The normalized spacial score (nSPS) is 20.8. The van der Waals surface area contributed by atoms with Crippen LogP contribution in [-0.4, -0.2) is 44.3 Å². The third kappa shape index (κ3) is 5.05. The lowest BCUT2D eigenvalue weighted by Crippen LogP contribution is -2.47. The average Bonchev–Trinajstić information content (AvgIpc) is 2.57. The topological polar surface area (TPSA) is 24.5 Å². The van der Waals surface area contributed by atoms with Crippen molar-refractivity contribution in [1.82, 2.24) is 10.2 Å². The summed E-state index contributed by atoms with van der Waals surface area (Å²) in [6.45, 7) is 5.61. The van der Waals surface area contributed by atoms with Crippen LogP contribution in [0.3, 0.4) is 0 Å². The molecule has 0 spiro atoms. The van der Waals surface area contributed by atoms with Crippen LogP contribution >= 0.6 is 59.6 Å². The van der Waals surface area contributed by atoms with Crippen molar-refractivity contribution >= 4 is 59.6 Å². The first-order valence-electron chi connectivity index (χ1n) is 7.84.